The van der Waals surface area contributed by atoms with Crippen molar-refractivity contribution in [3.8, 4) is 0 Å². The van der Waals surface area contributed by atoms with Crippen molar-refractivity contribution in [2.75, 3.05) is 0 Å². The Kier molecular flexibility index (Phi) is 4.94. The highest BCUT2D eigenvalue weighted by atomic mass is 79.9. The quantitative estimate of drug-likeness (QED) is 0.876. The number of hydrogen-bond acceptors (Lipinski definition) is 2. The minimum Gasteiger partial charge on any atom is -0.310 e. The van der Waals surface area contributed by atoms with Crippen LogP contribution in [0.1, 0.15) is 32.8 Å². The van der Waals surface area contributed by atoms with Crippen molar-refractivity contribution in [1.82, 2.24) is 10.3 Å². The molecule has 0 bridgehead atoms. The van der Waals surface area contributed by atoms with Crippen molar-refractivity contribution < 1.29 is 0 Å². The molecule has 1 aromatic heterocycles. The molecule has 2 nitrogen and oxygen atoms in total. The average Bonchev–Trinajstić information content (AvgIpc) is 2.45. The molecule has 0 saturated heterocycles. The zero-order chi connectivity index (χ0) is 13.8. The Labute approximate surface area is 123 Å². The second-order valence-electron chi connectivity index (χ2n) is 5.16. The predicted octanol–water partition coefficient (Wildman–Crippen LogP) is 4.52. The van der Waals surface area contributed by atoms with Crippen molar-refractivity contribution >= 4 is 26.8 Å². The number of hydrogen-bond donors (Lipinski definition) is 1. The monoisotopic (exact) mass is 320 g/mol. The van der Waals surface area contributed by atoms with Gasteiger partial charge in [0.05, 0.1) is 5.52 Å². The lowest BCUT2D eigenvalue weighted by Crippen LogP contribution is -2.31. The van der Waals surface area contributed by atoms with E-state index in [1.165, 1.54) is 17.4 Å². The van der Waals surface area contributed by atoms with Crippen LogP contribution < -0.4 is 5.32 Å². The van der Waals surface area contributed by atoms with Crippen LogP contribution in [-0.2, 0) is 6.54 Å². The molecule has 2 rings (SSSR count). The van der Waals surface area contributed by atoms with Gasteiger partial charge in [0.15, 0.2) is 0 Å². The molecule has 0 amide bonds. The van der Waals surface area contributed by atoms with Gasteiger partial charge in [-0.2, -0.15) is 0 Å². The fourth-order valence-corrected chi connectivity index (χ4v) is 2.62. The van der Waals surface area contributed by atoms with E-state index in [2.05, 4.69) is 65.2 Å². The highest BCUT2D eigenvalue weighted by Crippen LogP contribution is 2.25. The number of halogens is 1. The van der Waals surface area contributed by atoms with Crippen molar-refractivity contribution in [3.63, 3.8) is 0 Å². The fraction of sp³-hybridized carbons (Fsp3) is 0.438. The molecule has 0 saturated carbocycles. The molecule has 1 aromatic carbocycles. The summed E-state index contributed by atoms with van der Waals surface area (Å²) in [6, 6.07) is 8.86. The summed E-state index contributed by atoms with van der Waals surface area (Å²) in [6.45, 7) is 7.64. The van der Waals surface area contributed by atoms with Crippen molar-refractivity contribution in [2.45, 2.75) is 39.8 Å². The summed E-state index contributed by atoms with van der Waals surface area (Å²) in [5.41, 5.74) is 2.34. The van der Waals surface area contributed by atoms with Crippen LogP contribution in [0.5, 0.6) is 0 Å². The van der Waals surface area contributed by atoms with Gasteiger partial charge >= 0.3 is 0 Å². The molecule has 0 aliphatic carbocycles. The number of aromatic nitrogens is 1. The second-order valence-corrected chi connectivity index (χ2v) is 6.02. The molecule has 3 heteroatoms. The third kappa shape index (κ3) is 3.34. The summed E-state index contributed by atoms with van der Waals surface area (Å²) in [5, 5.41) is 4.78. The van der Waals surface area contributed by atoms with E-state index >= 15 is 0 Å². The van der Waals surface area contributed by atoms with E-state index in [0.717, 1.165) is 16.5 Å². The van der Waals surface area contributed by atoms with Gasteiger partial charge in [0.2, 0.25) is 0 Å². The minimum atomic E-state index is 0.521. The smallest absolute Gasteiger partial charge is 0.0758 e. The van der Waals surface area contributed by atoms with Gasteiger partial charge in [0, 0.05) is 28.6 Å². The van der Waals surface area contributed by atoms with Crippen molar-refractivity contribution in [3.05, 3.63) is 40.5 Å². The average molecular weight is 321 g/mol. The number of fused-ring (bicyclic) bond motifs is 1. The number of benzene rings is 1. The first-order valence-electron chi connectivity index (χ1n) is 6.89. The summed E-state index contributed by atoms with van der Waals surface area (Å²) >= 11 is 3.59. The first kappa shape index (κ1) is 14.5. The van der Waals surface area contributed by atoms with Gasteiger partial charge in [-0.3, -0.25) is 4.98 Å². The molecule has 1 heterocycles. The predicted molar refractivity (Wildman–Crippen MR) is 85.2 cm³/mol. The van der Waals surface area contributed by atoms with Gasteiger partial charge in [-0.1, -0.05) is 48.3 Å². The highest BCUT2D eigenvalue weighted by molar-refractivity contribution is 9.10. The second kappa shape index (κ2) is 6.49. The highest BCUT2D eigenvalue weighted by Gasteiger charge is 2.11. The van der Waals surface area contributed by atoms with Crippen LogP contribution in [0.4, 0.5) is 0 Å². The van der Waals surface area contributed by atoms with E-state index in [1.54, 1.807) is 0 Å². The third-order valence-corrected chi connectivity index (χ3v) is 4.60. The minimum absolute atomic E-state index is 0.521. The van der Waals surface area contributed by atoms with E-state index in [-0.39, 0.29) is 0 Å². The first-order valence-corrected chi connectivity index (χ1v) is 7.68. The normalized spacial score (nSPS) is 14.5. The fourth-order valence-electron chi connectivity index (χ4n) is 2.16. The molecule has 19 heavy (non-hydrogen) atoms. The summed E-state index contributed by atoms with van der Waals surface area (Å²) in [7, 11) is 0. The third-order valence-electron chi connectivity index (χ3n) is 3.91. The number of nitrogens with zero attached hydrogens (tertiary/aromatic N) is 1. The summed E-state index contributed by atoms with van der Waals surface area (Å²) in [4.78, 5) is 4.51. The Bertz CT molecular complexity index is 553. The molecular weight excluding hydrogens is 300 g/mol. The number of pyridine rings is 1. The van der Waals surface area contributed by atoms with Crippen LogP contribution in [0.3, 0.4) is 0 Å². The maximum absolute atomic E-state index is 4.51. The molecule has 0 spiro atoms. The zero-order valence-electron chi connectivity index (χ0n) is 11.8. The Hall–Kier alpha value is -0.930. The molecule has 2 atom stereocenters. The molecule has 102 valence electrons. The molecule has 2 aromatic rings. The van der Waals surface area contributed by atoms with Gasteiger partial charge in [-0.25, -0.2) is 0 Å². The number of rotatable bonds is 5. The van der Waals surface area contributed by atoms with Gasteiger partial charge in [0.25, 0.3) is 0 Å². The van der Waals surface area contributed by atoms with E-state index in [4.69, 9.17) is 0 Å². The summed E-state index contributed by atoms with van der Waals surface area (Å²) in [5.74, 6) is 0.690. The molecule has 0 fully saturated rings. The Morgan fingerprint density at radius 2 is 2.05 bits per heavy atom. The van der Waals surface area contributed by atoms with E-state index in [9.17, 15) is 0 Å². The molecule has 0 aliphatic heterocycles. The Balaban J connectivity index is 2.20. The van der Waals surface area contributed by atoms with Crippen LogP contribution in [0.15, 0.2) is 34.9 Å². The molecular formula is C16H21BrN2. The maximum atomic E-state index is 4.51. The van der Waals surface area contributed by atoms with E-state index < -0.39 is 0 Å². The SMILES string of the molecule is CCC(C)C(C)NCc1ccc(Br)c2cccnc12. The van der Waals surface area contributed by atoms with Crippen molar-refractivity contribution in [2.24, 2.45) is 5.92 Å². The standard InChI is InChI=1S/C16H21BrN2/c1-4-11(2)12(3)19-10-13-7-8-15(17)14-6-5-9-18-16(13)14/h5-9,11-12,19H,4,10H2,1-3H3. The van der Waals surface area contributed by atoms with Crippen LogP contribution in [0.2, 0.25) is 0 Å². The molecule has 2 unspecified atom stereocenters. The lowest BCUT2D eigenvalue weighted by atomic mass is 10.0. The van der Waals surface area contributed by atoms with Gasteiger partial charge < -0.3 is 5.32 Å². The van der Waals surface area contributed by atoms with Gasteiger partial charge in [-0.05, 0) is 30.5 Å². The molecule has 0 radical (unpaired) electrons. The Morgan fingerprint density at radius 3 is 2.79 bits per heavy atom. The maximum Gasteiger partial charge on any atom is 0.0758 e. The van der Waals surface area contributed by atoms with Gasteiger partial charge in [0.1, 0.15) is 0 Å². The molecule has 0 aliphatic rings. The summed E-state index contributed by atoms with van der Waals surface area (Å²) < 4.78 is 1.11. The summed E-state index contributed by atoms with van der Waals surface area (Å²) in [6.07, 6.45) is 3.06. The first-order chi connectivity index (χ1) is 9.13. The van der Waals surface area contributed by atoms with Crippen molar-refractivity contribution in [1.29, 1.82) is 0 Å². The lowest BCUT2D eigenvalue weighted by molar-refractivity contribution is 0.390. The molecule has 1 N–H and O–H groups in total. The van der Waals surface area contributed by atoms with E-state index in [0.29, 0.717) is 12.0 Å². The lowest BCUT2D eigenvalue weighted by Gasteiger charge is -2.20. The number of nitrogens with one attached hydrogen (secondary N) is 1. The topological polar surface area (TPSA) is 24.9 Å². The Morgan fingerprint density at radius 1 is 1.26 bits per heavy atom. The van der Waals surface area contributed by atoms with Crippen LogP contribution in [-0.4, -0.2) is 11.0 Å². The van der Waals surface area contributed by atoms with Gasteiger partial charge in [-0.15, -0.1) is 0 Å². The van der Waals surface area contributed by atoms with Crippen LogP contribution >= 0.6 is 15.9 Å². The van der Waals surface area contributed by atoms with Crippen LogP contribution in [0, 0.1) is 5.92 Å². The zero-order valence-corrected chi connectivity index (χ0v) is 13.4. The van der Waals surface area contributed by atoms with E-state index in [1.807, 2.05) is 12.3 Å². The van der Waals surface area contributed by atoms with Crippen LogP contribution in [0.25, 0.3) is 10.9 Å². The largest absolute Gasteiger partial charge is 0.310 e.